The van der Waals surface area contributed by atoms with E-state index in [0.717, 1.165) is 16.3 Å². The monoisotopic (exact) mass is 485 g/mol. The molecule has 0 aromatic heterocycles. The van der Waals surface area contributed by atoms with Crippen molar-refractivity contribution in [1.29, 1.82) is 0 Å². The first-order valence-electron chi connectivity index (χ1n) is 11.9. The number of allylic oxidation sites excluding steroid dienone is 2. The number of hydrogen-bond donors (Lipinski definition) is 0. The lowest BCUT2D eigenvalue weighted by Crippen LogP contribution is -2.34. The second-order valence-electron chi connectivity index (χ2n) is 9.59. The molecule has 2 amide bonds. The molecule has 0 radical (unpaired) electrons. The number of nitrogens with zero attached hydrogens (tertiary/aromatic N) is 1. The van der Waals surface area contributed by atoms with Crippen LogP contribution < -0.4 is 10.2 Å². The molecule has 35 heavy (non-hydrogen) atoms. The Labute approximate surface area is 206 Å². The van der Waals surface area contributed by atoms with Crippen LogP contribution in [0.5, 0.6) is 0 Å². The van der Waals surface area contributed by atoms with Crippen LogP contribution >= 0.6 is 7.92 Å². The summed E-state index contributed by atoms with van der Waals surface area (Å²) in [5.74, 6) is -0.702. The predicted octanol–water partition coefficient (Wildman–Crippen LogP) is 5.15. The minimum atomic E-state index is -0.809. The fourth-order valence-electron chi connectivity index (χ4n) is 6.56. The lowest BCUT2D eigenvalue weighted by Gasteiger charge is -2.27. The van der Waals surface area contributed by atoms with Crippen LogP contribution in [-0.2, 0) is 19.1 Å². The fraction of sp³-hybridized carbons (Fsp3) is 0.310. The summed E-state index contributed by atoms with van der Waals surface area (Å²) in [4.78, 5) is 29.0. The summed E-state index contributed by atoms with van der Waals surface area (Å²) in [6, 6.07) is 21.9. The molecule has 0 aliphatic carbocycles. The Morgan fingerprint density at radius 1 is 0.771 bits per heavy atom. The Bertz CT molecular complexity index is 1340. The maximum absolute atomic E-state index is 13.8. The van der Waals surface area contributed by atoms with Crippen LogP contribution in [0.4, 0.5) is 5.69 Å². The average molecular weight is 486 g/mol. The third-order valence-electron chi connectivity index (χ3n) is 8.08. The molecule has 3 aliphatic heterocycles. The lowest BCUT2D eigenvalue weighted by atomic mass is 9.78. The molecule has 6 heteroatoms. The van der Waals surface area contributed by atoms with Crippen LogP contribution in [0.25, 0.3) is 10.8 Å². The average Bonchev–Trinajstić information content (AvgIpc) is 3.45. The predicted molar refractivity (Wildman–Crippen MR) is 139 cm³/mol. The first-order chi connectivity index (χ1) is 17.0. The van der Waals surface area contributed by atoms with Gasteiger partial charge in [-0.15, -0.1) is 0 Å². The second kappa shape index (κ2) is 8.37. The number of carbonyl (C=O) groups is 2. The van der Waals surface area contributed by atoms with E-state index in [1.165, 1.54) is 21.4 Å². The first-order valence-corrected chi connectivity index (χ1v) is 13.4. The van der Waals surface area contributed by atoms with Gasteiger partial charge in [0.1, 0.15) is 0 Å². The van der Waals surface area contributed by atoms with E-state index in [4.69, 9.17) is 9.47 Å². The number of fused-ring (bicyclic) bond motifs is 6. The maximum Gasteiger partial charge on any atom is 0.238 e. The summed E-state index contributed by atoms with van der Waals surface area (Å²) >= 11 is 0. The Kier molecular flexibility index (Phi) is 5.41. The topological polar surface area (TPSA) is 55.8 Å². The molecule has 5 nitrogen and oxygen atoms in total. The number of ether oxygens (including phenoxy) is 2. The molecular formula is C29H28NO4P. The highest BCUT2D eigenvalue weighted by Gasteiger charge is 2.67. The molecular weight excluding hydrogens is 457 g/mol. The van der Waals surface area contributed by atoms with Gasteiger partial charge >= 0.3 is 0 Å². The number of imide groups is 1. The van der Waals surface area contributed by atoms with Gasteiger partial charge in [-0.3, -0.25) is 9.59 Å². The van der Waals surface area contributed by atoms with Gasteiger partial charge in [-0.1, -0.05) is 73.7 Å². The normalized spacial score (nSPS) is 27.6. The highest BCUT2D eigenvalue weighted by atomic mass is 31.1. The van der Waals surface area contributed by atoms with Gasteiger partial charge in [-0.05, 0) is 42.1 Å². The maximum atomic E-state index is 13.8. The molecule has 5 atom stereocenters. The van der Waals surface area contributed by atoms with Gasteiger partial charge in [0.05, 0.1) is 17.5 Å². The van der Waals surface area contributed by atoms with E-state index in [2.05, 4.69) is 44.2 Å². The van der Waals surface area contributed by atoms with Gasteiger partial charge in [-0.2, -0.15) is 0 Å². The van der Waals surface area contributed by atoms with Gasteiger partial charge < -0.3 is 9.47 Å². The van der Waals surface area contributed by atoms with Crippen molar-refractivity contribution in [2.45, 2.75) is 31.5 Å². The number of benzene rings is 3. The van der Waals surface area contributed by atoms with E-state index < -0.39 is 14.2 Å². The molecule has 0 N–H and O–H groups in total. The molecule has 0 spiro atoms. The summed E-state index contributed by atoms with van der Waals surface area (Å²) in [6.07, 6.45) is -0.485. The summed E-state index contributed by atoms with van der Waals surface area (Å²) in [6.45, 7) is 4.32. The zero-order valence-corrected chi connectivity index (χ0v) is 21.2. The zero-order chi connectivity index (χ0) is 24.4. The minimum Gasteiger partial charge on any atom is -0.352 e. The number of amides is 2. The van der Waals surface area contributed by atoms with Crippen molar-refractivity contribution in [1.82, 2.24) is 0 Å². The van der Waals surface area contributed by atoms with Crippen LogP contribution in [0.1, 0.15) is 25.7 Å². The van der Waals surface area contributed by atoms with E-state index in [1.807, 2.05) is 36.4 Å². The number of rotatable bonds is 5. The lowest BCUT2D eigenvalue weighted by molar-refractivity contribution is -0.122. The molecule has 1 unspecified atom stereocenters. The van der Waals surface area contributed by atoms with Crippen molar-refractivity contribution < 1.29 is 19.1 Å². The van der Waals surface area contributed by atoms with Crippen LogP contribution in [0.3, 0.4) is 0 Å². The molecule has 2 bridgehead atoms. The van der Waals surface area contributed by atoms with Crippen molar-refractivity contribution in [2.24, 2.45) is 11.8 Å². The van der Waals surface area contributed by atoms with Crippen LogP contribution in [0.2, 0.25) is 0 Å². The Morgan fingerprint density at radius 2 is 1.34 bits per heavy atom. The Balaban J connectivity index is 1.51. The smallest absolute Gasteiger partial charge is 0.238 e. The standard InChI is InChI=1S/C29H28NO4P/c1-16-17(2)26-24-23(27(31)30(28(24)32)19-12-6-5-7-13-19)25(16)35(26)21-15-9-11-18-10-8-14-20(22(18)21)29(33-3)34-4/h5-15,23-26,29H,1-4H3/t23-,24+,25-,26+,35?. The van der Waals surface area contributed by atoms with Crippen molar-refractivity contribution >= 4 is 41.5 Å². The summed E-state index contributed by atoms with van der Waals surface area (Å²) in [5.41, 5.74) is 4.35. The number of carbonyl (C=O) groups excluding carboxylic acids is 2. The summed E-state index contributed by atoms with van der Waals surface area (Å²) in [7, 11) is 2.49. The molecule has 3 aliphatic rings. The molecule has 0 saturated carbocycles. The molecule has 3 aromatic rings. The minimum absolute atomic E-state index is 0.0508. The molecule has 3 aromatic carbocycles. The van der Waals surface area contributed by atoms with Crippen molar-refractivity contribution in [3.8, 4) is 0 Å². The zero-order valence-electron chi connectivity index (χ0n) is 20.3. The number of para-hydroxylation sites is 1. The fourth-order valence-corrected chi connectivity index (χ4v) is 10.8. The Hall–Kier alpha value is -2.85. The van der Waals surface area contributed by atoms with Crippen LogP contribution in [-0.4, -0.2) is 37.4 Å². The molecule has 2 saturated heterocycles. The van der Waals surface area contributed by atoms with Crippen molar-refractivity contribution in [2.75, 3.05) is 19.1 Å². The van der Waals surface area contributed by atoms with E-state index in [0.29, 0.717) is 5.69 Å². The van der Waals surface area contributed by atoms with Crippen molar-refractivity contribution in [3.05, 3.63) is 83.4 Å². The van der Waals surface area contributed by atoms with Gasteiger partial charge in [0.25, 0.3) is 0 Å². The third-order valence-corrected chi connectivity index (χ3v) is 11.6. The highest BCUT2D eigenvalue weighted by Crippen LogP contribution is 2.71. The quantitative estimate of drug-likeness (QED) is 0.217. The molecule has 178 valence electrons. The van der Waals surface area contributed by atoms with E-state index in [1.54, 1.807) is 14.2 Å². The summed E-state index contributed by atoms with van der Waals surface area (Å²) in [5, 5.41) is 3.49. The summed E-state index contributed by atoms with van der Waals surface area (Å²) < 4.78 is 11.3. The third kappa shape index (κ3) is 3.05. The van der Waals surface area contributed by atoms with E-state index >= 15 is 0 Å². The van der Waals surface area contributed by atoms with E-state index in [9.17, 15) is 9.59 Å². The van der Waals surface area contributed by atoms with Crippen LogP contribution in [0, 0.1) is 11.8 Å². The van der Waals surface area contributed by atoms with Crippen LogP contribution in [0.15, 0.2) is 77.9 Å². The molecule has 3 heterocycles. The number of hydrogen-bond acceptors (Lipinski definition) is 4. The SMILES string of the molecule is COC(OC)c1cccc2cccc(P3[C@@H]4C(C)=C(C)[C@H]3[C@H]3C(=O)N(c5ccccc5)C(=O)[C@H]34)c12. The number of methoxy groups -OCH3 is 2. The first kappa shape index (κ1) is 22.6. The highest BCUT2D eigenvalue weighted by molar-refractivity contribution is 7.69. The van der Waals surface area contributed by atoms with E-state index in [-0.39, 0.29) is 35.0 Å². The molecule has 2 fully saturated rings. The van der Waals surface area contributed by atoms with Gasteiger partial charge in [0.15, 0.2) is 6.29 Å². The van der Waals surface area contributed by atoms with Gasteiger partial charge in [-0.25, -0.2) is 4.90 Å². The van der Waals surface area contributed by atoms with Gasteiger partial charge in [0.2, 0.25) is 11.8 Å². The largest absolute Gasteiger partial charge is 0.352 e. The van der Waals surface area contributed by atoms with Crippen molar-refractivity contribution in [3.63, 3.8) is 0 Å². The Morgan fingerprint density at radius 3 is 1.91 bits per heavy atom. The molecule has 6 rings (SSSR count). The second-order valence-corrected chi connectivity index (χ2v) is 12.0. The number of anilines is 1. The van der Waals surface area contributed by atoms with Gasteiger partial charge in [0, 0.05) is 31.1 Å².